The minimum atomic E-state index is -0.871. The number of nitrogens with one attached hydrogen (secondary N) is 1. The van der Waals surface area contributed by atoms with Crippen LogP contribution in [0.1, 0.15) is 25.0 Å². The normalized spacial score (nSPS) is 11.7. The number of halogens is 1. The Kier molecular flexibility index (Phi) is 6.60. The van der Waals surface area contributed by atoms with Gasteiger partial charge in [0.2, 0.25) is 0 Å². The van der Waals surface area contributed by atoms with Crippen molar-refractivity contribution in [3.8, 4) is 0 Å². The average molecular weight is 356 g/mol. The number of pyridine rings is 1. The van der Waals surface area contributed by atoms with Gasteiger partial charge in [0.1, 0.15) is 11.9 Å². The SMILES string of the molecule is C=C(C(=O)NC(Cc1ccncc1)C(=O)OC(C)C)c1ccc(F)cc1. The Bertz CT molecular complexity index is 773. The van der Waals surface area contributed by atoms with E-state index in [2.05, 4.69) is 16.9 Å². The molecule has 26 heavy (non-hydrogen) atoms. The maximum Gasteiger partial charge on any atom is 0.329 e. The van der Waals surface area contributed by atoms with Crippen LogP contribution in [0.5, 0.6) is 0 Å². The summed E-state index contributed by atoms with van der Waals surface area (Å²) in [4.78, 5) is 28.8. The van der Waals surface area contributed by atoms with Gasteiger partial charge >= 0.3 is 5.97 Å². The first-order valence-electron chi connectivity index (χ1n) is 8.22. The molecule has 0 saturated carbocycles. The molecule has 0 aliphatic rings. The van der Waals surface area contributed by atoms with Gasteiger partial charge in [-0.3, -0.25) is 9.78 Å². The highest BCUT2D eigenvalue weighted by Crippen LogP contribution is 2.14. The van der Waals surface area contributed by atoms with E-state index < -0.39 is 23.7 Å². The van der Waals surface area contributed by atoms with Gasteiger partial charge < -0.3 is 10.1 Å². The lowest BCUT2D eigenvalue weighted by Gasteiger charge is -2.20. The van der Waals surface area contributed by atoms with Gasteiger partial charge in [0.15, 0.2) is 0 Å². The van der Waals surface area contributed by atoms with Crippen LogP contribution in [-0.2, 0) is 20.7 Å². The maximum absolute atomic E-state index is 13.0. The van der Waals surface area contributed by atoms with E-state index in [1.165, 1.54) is 24.3 Å². The number of amides is 1. The van der Waals surface area contributed by atoms with Crippen LogP contribution >= 0.6 is 0 Å². The van der Waals surface area contributed by atoms with Crippen LogP contribution in [0.2, 0.25) is 0 Å². The van der Waals surface area contributed by atoms with Crippen molar-refractivity contribution in [2.45, 2.75) is 32.4 Å². The molecule has 1 unspecified atom stereocenters. The third-order valence-electron chi connectivity index (χ3n) is 3.60. The van der Waals surface area contributed by atoms with Gasteiger partial charge in [-0.25, -0.2) is 9.18 Å². The monoisotopic (exact) mass is 356 g/mol. The minimum absolute atomic E-state index is 0.141. The molecular formula is C20H21FN2O3. The number of esters is 1. The molecule has 0 spiro atoms. The number of rotatable bonds is 7. The Morgan fingerprint density at radius 2 is 1.77 bits per heavy atom. The van der Waals surface area contributed by atoms with E-state index in [1.54, 1.807) is 38.4 Å². The van der Waals surface area contributed by atoms with Crippen LogP contribution in [0.3, 0.4) is 0 Å². The fourth-order valence-electron chi connectivity index (χ4n) is 2.29. The van der Waals surface area contributed by atoms with Crippen LogP contribution < -0.4 is 5.32 Å². The zero-order valence-electron chi connectivity index (χ0n) is 14.7. The predicted octanol–water partition coefficient (Wildman–Crippen LogP) is 2.91. The van der Waals surface area contributed by atoms with Crippen molar-refractivity contribution in [2.75, 3.05) is 0 Å². The molecule has 1 aromatic carbocycles. The van der Waals surface area contributed by atoms with Crippen molar-refractivity contribution in [2.24, 2.45) is 0 Å². The molecule has 0 radical (unpaired) electrons. The molecule has 1 heterocycles. The molecule has 1 aromatic heterocycles. The molecule has 5 nitrogen and oxygen atoms in total. The predicted molar refractivity (Wildman–Crippen MR) is 96.5 cm³/mol. The number of hydrogen-bond acceptors (Lipinski definition) is 4. The largest absolute Gasteiger partial charge is 0.461 e. The molecule has 2 aromatic rings. The summed E-state index contributed by atoms with van der Waals surface area (Å²) in [6, 6.07) is 8.06. The summed E-state index contributed by atoms with van der Waals surface area (Å²) in [5.74, 6) is -1.45. The number of aromatic nitrogens is 1. The molecule has 0 aliphatic carbocycles. The molecular weight excluding hydrogens is 335 g/mol. The van der Waals surface area contributed by atoms with E-state index in [0.717, 1.165) is 5.56 Å². The number of benzene rings is 1. The summed E-state index contributed by atoms with van der Waals surface area (Å²) in [5.41, 5.74) is 1.45. The number of nitrogens with zero attached hydrogens (tertiary/aromatic N) is 1. The lowest BCUT2D eigenvalue weighted by atomic mass is 10.0. The third kappa shape index (κ3) is 5.51. The minimum Gasteiger partial charge on any atom is -0.461 e. The summed E-state index contributed by atoms with van der Waals surface area (Å²) in [6.45, 7) is 7.21. The van der Waals surface area contributed by atoms with Crippen LogP contribution in [0.4, 0.5) is 4.39 Å². The second-order valence-corrected chi connectivity index (χ2v) is 6.06. The molecule has 2 rings (SSSR count). The first-order chi connectivity index (χ1) is 12.4. The summed E-state index contributed by atoms with van der Waals surface area (Å²) < 4.78 is 18.3. The molecule has 0 aliphatic heterocycles. The standard InChI is InChI=1S/C20H21FN2O3/c1-13(2)26-20(25)18(12-15-8-10-22-11-9-15)23-19(24)14(3)16-4-6-17(21)7-5-16/h4-11,13,18H,3,12H2,1-2H3,(H,23,24). The van der Waals surface area contributed by atoms with E-state index in [4.69, 9.17) is 4.74 Å². The fourth-order valence-corrected chi connectivity index (χ4v) is 2.29. The smallest absolute Gasteiger partial charge is 0.329 e. The lowest BCUT2D eigenvalue weighted by Crippen LogP contribution is -2.44. The molecule has 6 heteroatoms. The van der Waals surface area contributed by atoms with Gasteiger partial charge in [-0.1, -0.05) is 18.7 Å². The van der Waals surface area contributed by atoms with Crippen LogP contribution in [0, 0.1) is 5.82 Å². The number of carbonyl (C=O) groups excluding carboxylic acids is 2. The Morgan fingerprint density at radius 1 is 1.15 bits per heavy atom. The Morgan fingerprint density at radius 3 is 2.35 bits per heavy atom. The molecule has 1 N–H and O–H groups in total. The number of ether oxygens (including phenoxy) is 1. The maximum atomic E-state index is 13.0. The van der Waals surface area contributed by atoms with Gasteiger partial charge in [0.05, 0.1) is 6.10 Å². The van der Waals surface area contributed by atoms with Gasteiger partial charge in [0.25, 0.3) is 5.91 Å². The van der Waals surface area contributed by atoms with Crippen molar-refractivity contribution >= 4 is 17.4 Å². The summed E-state index contributed by atoms with van der Waals surface area (Å²) >= 11 is 0. The quantitative estimate of drug-likeness (QED) is 0.612. The number of carbonyl (C=O) groups is 2. The highest BCUT2D eigenvalue weighted by atomic mass is 19.1. The third-order valence-corrected chi connectivity index (χ3v) is 3.60. The van der Waals surface area contributed by atoms with Crippen LogP contribution in [0.15, 0.2) is 55.4 Å². The van der Waals surface area contributed by atoms with Gasteiger partial charge in [-0.05, 0) is 49.2 Å². The second-order valence-electron chi connectivity index (χ2n) is 6.06. The second kappa shape index (κ2) is 8.89. The Hall–Kier alpha value is -3.02. The van der Waals surface area contributed by atoms with Crippen LogP contribution in [-0.4, -0.2) is 29.0 Å². The van der Waals surface area contributed by atoms with Crippen molar-refractivity contribution < 1.29 is 18.7 Å². The van der Waals surface area contributed by atoms with Crippen molar-refractivity contribution in [3.63, 3.8) is 0 Å². The topological polar surface area (TPSA) is 68.3 Å². The molecule has 136 valence electrons. The van der Waals surface area contributed by atoms with E-state index in [1.807, 2.05) is 0 Å². The molecule has 1 amide bonds. The summed E-state index contributed by atoms with van der Waals surface area (Å²) in [7, 11) is 0. The van der Waals surface area contributed by atoms with E-state index >= 15 is 0 Å². The van der Waals surface area contributed by atoms with Gasteiger partial charge in [0, 0.05) is 24.4 Å². The molecule has 0 fully saturated rings. The van der Waals surface area contributed by atoms with Crippen molar-refractivity contribution in [3.05, 3.63) is 72.3 Å². The van der Waals surface area contributed by atoms with E-state index in [9.17, 15) is 14.0 Å². The fraction of sp³-hybridized carbons (Fsp3) is 0.250. The molecule has 0 saturated heterocycles. The zero-order valence-corrected chi connectivity index (χ0v) is 14.7. The lowest BCUT2D eigenvalue weighted by molar-refractivity contribution is -0.151. The van der Waals surface area contributed by atoms with E-state index in [-0.39, 0.29) is 18.1 Å². The highest BCUT2D eigenvalue weighted by Gasteiger charge is 2.25. The van der Waals surface area contributed by atoms with Crippen LogP contribution in [0.25, 0.3) is 5.57 Å². The van der Waals surface area contributed by atoms with E-state index in [0.29, 0.717) is 5.56 Å². The first kappa shape index (κ1) is 19.3. The Labute approximate surface area is 151 Å². The summed E-state index contributed by atoms with van der Waals surface area (Å²) in [6.07, 6.45) is 3.18. The zero-order chi connectivity index (χ0) is 19.1. The molecule has 1 atom stereocenters. The van der Waals surface area contributed by atoms with Gasteiger partial charge in [-0.15, -0.1) is 0 Å². The van der Waals surface area contributed by atoms with Crippen molar-refractivity contribution in [1.82, 2.24) is 10.3 Å². The first-order valence-corrected chi connectivity index (χ1v) is 8.22. The van der Waals surface area contributed by atoms with Gasteiger partial charge in [-0.2, -0.15) is 0 Å². The summed E-state index contributed by atoms with van der Waals surface area (Å²) in [5, 5.41) is 2.66. The molecule has 0 bridgehead atoms. The van der Waals surface area contributed by atoms with Crippen molar-refractivity contribution in [1.29, 1.82) is 0 Å². The average Bonchev–Trinajstić information content (AvgIpc) is 2.61. The highest BCUT2D eigenvalue weighted by molar-refractivity contribution is 6.19. The Balaban J connectivity index is 2.13. The number of hydrogen-bond donors (Lipinski definition) is 1.